The van der Waals surface area contributed by atoms with E-state index in [4.69, 9.17) is 4.52 Å². The van der Waals surface area contributed by atoms with E-state index in [1.165, 1.54) is 17.0 Å². The standard InChI is InChI=1S/C16H21FN4O3/c1-4-14-19-15(24-20-14)9-21(5-2)16(23)18-10(3)11-6-7-13(22)12(17)8-11/h6-8,10,22H,4-5,9H2,1-3H3,(H,18,23)/t10-/m0/s1. The molecule has 1 atom stereocenters. The summed E-state index contributed by atoms with van der Waals surface area (Å²) in [5.41, 5.74) is 0.556. The number of urea groups is 1. The van der Waals surface area contributed by atoms with E-state index in [-0.39, 0.29) is 12.6 Å². The smallest absolute Gasteiger partial charge is 0.318 e. The van der Waals surface area contributed by atoms with Gasteiger partial charge in [-0.1, -0.05) is 18.1 Å². The first kappa shape index (κ1) is 17.7. The molecule has 0 saturated carbocycles. The van der Waals surface area contributed by atoms with Crippen LogP contribution in [0.1, 0.15) is 44.1 Å². The fraction of sp³-hybridized carbons (Fsp3) is 0.438. The summed E-state index contributed by atoms with van der Waals surface area (Å²) in [5, 5.41) is 15.8. The molecule has 1 heterocycles. The van der Waals surface area contributed by atoms with E-state index in [1.54, 1.807) is 13.0 Å². The number of amides is 2. The molecular formula is C16H21FN4O3. The lowest BCUT2D eigenvalue weighted by atomic mass is 10.1. The molecular weight excluding hydrogens is 315 g/mol. The van der Waals surface area contributed by atoms with Crippen LogP contribution in [0, 0.1) is 5.82 Å². The maximum atomic E-state index is 13.4. The van der Waals surface area contributed by atoms with Crippen molar-refractivity contribution in [1.29, 1.82) is 0 Å². The number of phenolic OH excluding ortho intramolecular Hbond substituents is 1. The number of carbonyl (C=O) groups excluding carboxylic acids is 1. The zero-order chi connectivity index (χ0) is 17.7. The van der Waals surface area contributed by atoms with Crippen LogP contribution < -0.4 is 5.32 Å². The second kappa shape index (κ2) is 7.76. The molecule has 2 amide bonds. The van der Waals surface area contributed by atoms with Crippen molar-refractivity contribution >= 4 is 6.03 Å². The SMILES string of the molecule is CCc1noc(CN(CC)C(=O)N[C@@H](C)c2ccc(O)c(F)c2)n1. The fourth-order valence-corrected chi connectivity index (χ4v) is 2.14. The zero-order valence-electron chi connectivity index (χ0n) is 13.9. The Morgan fingerprint density at radius 2 is 2.21 bits per heavy atom. The second-order valence-electron chi connectivity index (χ2n) is 5.35. The maximum absolute atomic E-state index is 13.4. The van der Waals surface area contributed by atoms with E-state index in [0.29, 0.717) is 30.2 Å². The molecule has 2 rings (SSSR count). The van der Waals surface area contributed by atoms with Crippen LogP contribution in [0.4, 0.5) is 9.18 Å². The van der Waals surface area contributed by atoms with Crippen LogP contribution in [0.3, 0.4) is 0 Å². The van der Waals surface area contributed by atoms with Crippen molar-refractivity contribution in [3.05, 3.63) is 41.3 Å². The first-order valence-corrected chi connectivity index (χ1v) is 7.79. The Morgan fingerprint density at radius 1 is 1.46 bits per heavy atom. The summed E-state index contributed by atoms with van der Waals surface area (Å²) in [6, 6.07) is 3.27. The predicted molar refractivity (Wildman–Crippen MR) is 84.8 cm³/mol. The maximum Gasteiger partial charge on any atom is 0.318 e. The third-order valence-electron chi connectivity index (χ3n) is 3.63. The van der Waals surface area contributed by atoms with Crippen molar-refractivity contribution in [2.24, 2.45) is 0 Å². The van der Waals surface area contributed by atoms with E-state index >= 15 is 0 Å². The molecule has 0 aliphatic heterocycles. The highest BCUT2D eigenvalue weighted by atomic mass is 19.1. The number of rotatable bonds is 6. The van der Waals surface area contributed by atoms with Gasteiger partial charge in [0.15, 0.2) is 17.4 Å². The Kier molecular flexibility index (Phi) is 5.73. The van der Waals surface area contributed by atoms with Gasteiger partial charge in [-0.25, -0.2) is 9.18 Å². The molecule has 0 aliphatic rings. The molecule has 8 heteroatoms. The van der Waals surface area contributed by atoms with Gasteiger partial charge in [0.25, 0.3) is 0 Å². The third kappa shape index (κ3) is 4.21. The van der Waals surface area contributed by atoms with Crippen LogP contribution in [0.2, 0.25) is 0 Å². The van der Waals surface area contributed by atoms with Crippen LogP contribution in [0.25, 0.3) is 0 Å². The van der Waals surface area contributed by atoms with Crippen molar-refractivity contribution < 1.29 is 18.8 Å². The van der Waals surface area contributed by atoms with E-state index in [2.05, 4.69) is 15.5 Å². The van der Waals surface area contributed by atoms with Gasteiger partial charge >= 0.3 is 6.03 Å². The van der Waals surface area contributed by atoms with Crippen molar-refractivity contribution in [3.63, 3.8) is 0 Å². The second-order valence-corrected chi connectivity index (χ2v) is 5.35. The molecule has 0 spiro atoms. The summed E-state index contributed by atoms with van der Waals surface area (Å²) in [6.45, 7) is 6.14. The van der Waals surface area contributed by atoms with Gasteiger partial charge in [0.05, 0.1) is 6.04 Å². The zero-order valence-corrected chi connectivity index (χ0v) is 13.9. The normalized spacial score (nSPS) is 12.0. The van der Waals surface area contributed by atoms with E-state index < -0.39 is 17.6 Å². The highest BCUT2D eigenvalue weighted by Crippen LogP contribution is 2.21. The van der Waals surface area contributed by atoms with Crippen molar-refractivity contribution in [2.45, 2.75) is 39.8 Å². The molecule has 24 heavy (non-hydrogen) atoms. The molecule has 0 saturated heterocycles. The number of aryl methyl sites for hydroxylation is 1. The molecule has 0 radical (unpaired) electrons. The fourth-order valence-electron chi connectivity index (χ4n) is 2.14. The summed E-state index contributed by atoms with van der Waals surface area (Å²) in [4.78, 5) is 18.1. The topological polar surface area (TPSA) is 91.5 Å². The lowest BCUT2D eigenvalue weighted by molar-refractivity contribution is 0.186. The minimum Gasteiger partial charge on any atom is -0.505 e. The molecule has 0 unspecified atom stereocenters. The Bertz CT molecular complexity index is 704. The number of halogens is 1. The largest absolute Gasteiger partial charge is 0.505 e. The highest BCUT2D eigenvalue weighted by molar-refractivity contribution is 5.74. The minimum atomic E-state index is -0.723. The Balaban J connectivity index is 2.01. The van der Waals surface area contributed by atoms with Crippen LogP contribution in [0.5, 0.6) is 5.75 Å². The number of hydrogen-bond acceptors (Lipinski definition) is 5. The van der Waals surface area contributed by atoms with Gasteiger partial charge in [-0.2, -0.15) is 4.98 Å². The number of nitrogens with one attached hydrogen (secondary N) is 1. The number of aromatic nitrogens is 2. The lowest BCUT2D eigenvalue weighted by Crippen LogP contribution is -2.40. The molecule has 1 aromatic carbocycles. The van der Waals surface area contributed by atoms with Crippen LogP contribution in [-0.4, -0.2) is 32.7 Å². The van der Waals surface area contributed by atoms with Crippen LogP contribution >= 0.6 is 0 Å². The van der Waals surface area contributed by atoms with Crippen molar-refractivity contribution in [2.75, 3.05) is 6.54 Å². The number of nitrogens with zero attached hydrogens (tertiary/aromatic N) is 3. The monoisotopic (exact) mass is 336 g/mol. The number of aromatic hydroxyl groups is 1. The summed E-state index contributed by atoms with van der Waals surface area (Å²) < 4.78 is 18.5. The molecule has 0 fully saturated rings. The molecule has 2 aromatic rings. The van der Waals surface area contributed by atoms with Gasteiger partial charge in [0, 0.05) is 13.0 Å². The molecule has 2 N–H and O–H groups in total. The Labute approximate surface area is 139 Å². The van der Waals surface area contributed by atoms with E-state index in [1.807, 2.05) is 13.8 Å². The summed E-state index contributed by atoms with van der Waals surface area (Å²) in [5.74, 6) is -0.184. The molecule has 7 nitrogen and oxygen atoms in total. The number of benzene rings is 1. The Hall–Kier alpha value is -2.64. The van der Waals surface area contributed by atoms with Crippen molar-refractivity contribution in [3.8, 4) is 5.75 Å². The minimum absolute atomic E-state index is 0.200. The van der Waals surface area contributed by atoms with Crippen LogP contribution in [-0.2, 0) is 13.0 Å². The van der Waals surface area contributed by atoms with Gasteiger partial charge in [-0.05, 0) is 31.5 Å². The number of hydrogen-bond donors (Lipinski definition) is 2. The summed E-state index contributed by atoms with van der Waals surface area (Å²) in [7, 11) is 0. The average molecular weight is 336 g/mol. The molecule has 130 valence electrons. The predicted octanol–water partition coefficient (Wildman–Crippen LogP) is 2.77. The van der Waals surface area contributed by atoms with Gasteiger partial charge in [0.2, 0.25) is 5.89 Å². The number of carbonyl (C=O) groups is 1. The van der Waals surface area contributed by atoms with Crippen molar-refractivity contribution in [1.82, 2.24) is 20.4 Å². The molecule has 0 aliphatic carbocycles. The Morgan fingerprint density at radius 3 is 2.79 bits per heavy atom. The lowest BCUT2D eigenvalue weighted by Gasteiger charge is -2.23. The average Bonchev–Trinajstić information content (AvgIpc) is 3.02. The first-order valence-electron chi connectivity index (χ1n) is 7.79. The van der Waals surface area contributed by atoms with Gasteiger partial charge < -0.3 is 19.8 Å². The van der Waals surface area contributed by atoms with Crippen LogP contribution in [0.15, 0.2) is 22.7 Å². The first-order chi connectivity index (χ1) is 11.4. The summed E-state index contributed by atoms with van der Waals surface area (Å²) in [6.07, 6.45) is 0.658. The molecule has 1 aromatic heterocycles. The third-order valence-corrected chi connectivity index (χ3v) is 3.63. The van der Waals surface area contributed by atoms with Gasteiger partial charge in [-0.3, -0.25) is 0 Å². The molecule has 0 bridgehead atoms. The van der Waals surface area contributed by atoms with E-state index in [9.17, 15) is 14.3 Å². The number of phenols is 1. The van der Waals surface area contributed by atoms with Gasteiger partial charge in [0.1, 0.15) is 6.54 Å². The highest BCUT2D eigenvalue weighted by Gasteiger charge is 2.19. The summed E-state index contributed by atoms with van der Waals surface area (Å²) >= 11 is 0. The quantitative estimate of drug-likeness (QED) is 0.846. The van der Waals surface area contributed by atoms with E-state index in [0.717, 1.165) is 0 Å². The van der Waals surface area contributed by atoms with Gasteiger partial charge in [-0.15, -0.1) is 0 Å².